The minimum atomic E-state index is 0.327. The Morgan fingerprint density at radius 1 is 1.31 bits per heavy atom. The first-order valence-electron chi connectivity index (χ1n) is 5.35. The first-order chi connectivity index (χ1) is 7.58. The predicted octanol–water partition coefficient (Wildman–Crippen LogP) is 2.73. The molecular weight excluding hydrogens is 220 g/mol. The molecular formula is C11H16N4S. The van der Waals surface area contributed by atoms with Crippen LogP contribution in [0.4, 0.5) is 11.8 Å². The molecule has 2 aromatic heterocycles. The van der Waals surface area contributed by atoms with E-state index in [-0.39, 0.29) is 0 Å². The van der Waals surface area contributed by atoms with Crippen molar-refractivity contribution in [2.75, 3.05) is 11.1 Å². The van der Waals surface area contributed by atoms with Gasteiger partial charge in [0.05, 0.1) is 5.39 Å². The summed E-state index contributed by atoms with van der Waals surface area (Å²) in [4.78, 5) is 9.39. The quantitative estimate of drug-likeness (QED) is 0.860. The van der Waals surface area contributed by atoms with Crippen LogP contribution >= 0.6 is 11.3 Å². The number of fused-ring (bicyclic) bond motifs is 1. The second-order valence-corrected chi connectivity index (χ2v) is 5.14. The smallest absolute Gasteiger partial charge is 0.223 e. The molecule has 1 unspecified atom stereocenters. The van der Waals surface area contributed by atoms with Crippen LogP contribution in [0.25, 0.3) is 10.2 Å². The molecule has 0 spiro atoms. The molecule has 2 heterocycles. The maximum absolute atomic E-state index is 5.68. The summed E-state index contributed by atoms with van der Waals surface area (Å²) in [6.07, 6.45) is 0. The van der Waals surface area contributed by atoms with E-state index in [0.29, 0.717) is 17.9 Å². The predicted molar refractivity (Wildman–Crippen MR) is 69.8 cm³/mol. The zero-order valence-electron chi connectivity index (χ0n) is 9.69. The van der Waals surface area contributed by atoms with Gasteiger partial charge in [0.1, 0.15) is 10.6 Å². The van der Waals surface area contributed by atoms with E-state index < -0.39 is 0 Å². The van der Waals surface area contributed by atoms with Crippen LogP contribution in [-0.4, -0.2) is 16.0 Å². The summed E-state index contributed by atoms with van der Waals surface area (Å²) >= 11 is 1.58. The number of aromatic nitrogens is 2. The van der Waals surface area contributed by atoms with Gasteiger partial charge in [-0.25, -0.2) is 4.98 Å². The number of hydrogen-bond donors (Lipinski definition) is 2. The Bertz CT molecular complexity index is 492. The highest BCUT2D eigenvalue weighted by molar-refractivity contribution is 7.16. The molecule has 3 N–H and O–H groups in total. The number of nitrogens with one attached hydrogen (secondary N) is 1. The van der Waals surface area contributed by atoms with Crippen LogP contribution in [-0.2, 0) is 0 Å². The Labute approximate surface area is 98.9 Å². The van der Waals surface area contributed by atoms with E-state index in [1.165, 1.54) is 0 Å². The zero-order chi connectivity index (χ0) is 11.7. The minimum absolute atomic E-state index is 0.327. The Morgan fingerprint density at radius 3 is 2.75 bits per heavy atom. The number of nitrogens with zero attached hydrogens (tertiary/aromatic N) is 2. The number of rotatable bonds is 3. The molecule has 1 atom stereocenters. The molecule has 0 fully saturated rings. The molecule has 5 heteroatoms. The van der Waals surface area contributed by atoms with Crippen molar-refractivity contribution in [1.29, 1.82) is 0 Å². The zero-order valence-corrected chi connectivity index (χ0v) is 10.5. The lowest BCUT2D eigenvalue weighted by Crippen LogP contribution is -2.22. The van der Waals surface area contributed by atoms with E-state index in [2.05, 4.69) is 36.1 Å². The average molecular weight is 236 g/mol. The van der Waals surface area contributed by atoms with Gasteiger partial charge in [-0.2, -0.15) is 4.98 Å². The molecule has 0 saturated carbocycles. The number of nitrogen functional groups attached to an aromatic ring is 1. The van der Waals surface area contributed by atoms with Crippen LogP contribution in [0, 0.1) is 5.92 Å². The van der Waals surface area contributed by atoms with Crippen LogP contribution in [0.15, 0.2) is 11.4 Å². The Balaban J connectivity index is 2.39. The average Bonchev–Trinajstić information content (AvgIpc) is 2.65. The molecule has 0 aromatic carbocycles. The molecule has 0 aliphatic heterocycles. The number of hydrogen-bond acceptors (Lipinski definition) is 5. The molecule has 0 aliphatic carbocycles. The molecule has 0 amide bonds. The monoisotopic (exact) mass is 236 g/mol. The summed E-state index contributed by atoms with van der Waals surface area (Å²) in [7, 11) is 0. The highest BCUT2D eigenvalue weighted by Gasteiger charge is 2.12. The number of anilines is 2. The fourth-order valence-electron chi connectivity index (χ4n) is 1.36. The van der Waals surface area contributed by atoms with Gasteiger partial charge >= 0.3 is 0 Å². The summed E-state index contributed by atoms with van der Waals surface area (Å²) < 4.78 is 0. The number of nitrogens with two attached hydrogens (primary N) is 1. The molecule has 2 rings (SSSR count). The van der Waals surface area contributed by atoms with Gasteiger partial charge in [-0.05, 0) is 24.3 Å². The van der Waals surface area contributed by atoms with Crippen molar-refractivity contribution in [1.82, 2.24) is 9.97 Å². The van der Waals surface area contributed by atoms with Gasteiger partial charge in [0.15, 0.2) is 0 Å². The van der Waals surface area contributed by atoms with Crippen molar-refractivity contribution in [3.63, 3.8) is 0 Å². The topological polar surface area (TPSA) is 63.8 Å². The first-order valence-corrected chi connectivity index (χ1v) is 6.23. The van der Waals surface area contributed by atoms with E-state index >= 15 is 0 Å². The maximum Gasteiger partial charge on any atom is 0.223 e. The van der Waals surface area contributed by atoms with Crippen molar-refractivity contribution in [3.8, 4) is 0 Å². The lowest BCUT2D eigenvalue weighted by molar-refractivity contribution is 0.559. The van der Waals surface area contributed by atoms with Crippen molar-refractivity contribution >= 4 is 33.3 Å². The molecule has 86 valence electrons. The molecule has 0 bridgehead atoms. The van der Waals surface area contributed by atoms with E-state index in [9.17, 15) is 0 Å². The van der Waals surface area contributed by atoms with Crippen LogP contribution in [0.3, 0.4) is 0 Å². The van der Waals surface area contributed by atoms with Crippen LogP contribution in [0.5, 0.6) is 0 Å². The maximum atomic E-state index is 5.68. The molecule has 0 aliphatic rings. The van der Waals surface area contributed by atoms with Gasteiger partial charge in [-0.15, -0.1) is 11.3 Å². The molecule has 4 nitrogen and oxygen atoms in total. The van der Waals surface area contributed by atoms with Gasteiger partial charge < -0.3 is 11.1 Å². The van der Waals surface area contributed by atoms with Gasteiger partial charge in [0.25, 0.3) is 0 Å². The summed E-state index contributed by atoms with van der Waals surface area (Å²) in [5.41, 5.74) is 5.68. The first kappa shape index (κ1) is 11.1. The highest BCUT2D eigenvalue weighted by atomic mass is 32.1. The van der Waals surface area contributed by atoms with Crippen LogP contribution in [0.2, 0.25) is 0 Å². The van der Waals surface area contributed by atoms with E-state index in [4.69, 9.17) is 5.73 Å². The van der Waals surface area contributed by atoms with Crippen molar-refractivity contribution in [2.24, 2.45) is 5.92 Å². The van der Waals surface area contributed by atoms with E-state index in [0.717, 1.165) is 16.0 Å². The lowest BCUT2D eigenvalue weighted by Gasteiger charge is -2.18. The summed E-state index contributed by atoms with van der Waals surface area (Å²) in [6.45, 7) is 6.49. The minimum Gasteiger partial charge on any atom is -0.368 e. The molecule has 0 radical (unpaired) electrons. The third kappa shape index (κ3) is 2.09. The second-order valence-electron chi connectivity index (χ2n) is 4.25. The van der Waals surface area contributed by atoms with Crippen LogP contribution < -0.4 is 11.1 Å². The fraction of sp³-hybridized carbons (Fsp3) is 0.455. The third-order valence-corrected chi connectivity index (χ3v) is 3.51. The summed E-state index contributed by atoms with van der Waals surface area (Å²) in [5, 5.41) is 6.44. The van der Waals surface area contributed by atoms with Crippen LogP contribution in [0.1, 0.15) is 20.8 Å². The van der Waals surface area contributed by atoms with E-state index in [1.54, 1.807) is 11.3 Å². The highest BCUT2D eigenvalue weighted by Crippen LogP contribution is 2.26. The molecule has 0 saturated heterocycles. The normalized spacial score (nSPS) is 13.2. The van der Waals surface area contributed by atoms with Crippen molar-refractivity contribution < 1.29 is 0 Å². The molecule has 2 aromatic rings. The Hall–Kier alpha value is -1.36. The van der Waals surface area contributed by atoms with Gasteiger partial charge in [0.2, 0.25) is 5.95 Å². The number of thiophene rings is 1. The molecule has 16 heavy (non-hydrogen) atoms. The van der Waals surface area contributed by atoms with Gasteiger partial charge in [-0.1, -0.05) is 13.8 Å². The van der Waals surface area contributed by atoms with Crippen molar-refractivity contribution in [3.05, 3.63) is 11.4 Å². The van der Waals surface area contributed by atoms with Crippen molar-refractivity contribution in [2.45, 2.75) is 26.8 Å². The SMILES string of the molecule is CC(C)C(C)Nc1nc(N)nc2sccc12. The van der Waals surface area contributed by atoms with Gasteiger partial charge in [-0.3, -0.25) is 0 Å². The largest absolute Gasteiger partial charge is 0.368 e. The summed E-state index contributed by atoms with van der Waals surface area (Å²) in [6, 6.07) is 2.38. The Kier molecular flexibility index (Phi) is 2.96. The fourth-order valence-corrected chi connectivity index (χ4v) is 2.14. The van der Waals surface area contributed by atoms with E-state index in [1.807, 2.05) is 11.4 Å². The summed E-state index contributed by atoms with van der Waals surface area (Å²) in [5.74, 6) is 1.71. The Morgan fingerprint density at radius 2 is 2.06 bits per heavy atom. The van der Waals surface area contributed by atoms with Gasteiger partial charge in [0, 0.05) is 6.04 Å². The standard InChI is InChI=1S/C11H16N4S/c1-6(2)7(3)13-9-8-4-5-16-10(8)15-11(12)14-9/h4-7H,1-3H3,(H3,12,13,14,15). The second kappa shape index (κ2) is 4.25. The lowest BCUT2D eigenvalue weighted by atomic mass is 10.1. The third-order valence-electron chi connectivity index (χ3n) is 2.71.